The summed E-state index contributed by atoms with van der Waals surface area (Å²) in [5.74, 6) is -0.388. The molecule has 0 fully saturated rings. The van der Waals surface area contributed by atoms with E-state index in [4.69, 9.17) is 5.73 Å². The third-order valence-electron chi connectivity index (χ3n) is 2.77. The maximum absolute atomic E-state index is 13.2. The number of fused-ring (bicyclic) bond motifs is 1. The summed E-state index contributed by atoms with van der Waals surface area (Å²) >= 11 is 1.39. The van der Waals surface area contributed by atoms with Crippen LogP contribution in [-0.4, -0.2) is 19.0 Å². The summed E-state index contributed by atoms with van der Waals surface area (Å²) in [6, 6.07) is 4.59. The fraction of sp³-hybridized carbons (Fsp3) is 0.308. The van der Waals surface area contributed by atoms with Gasteiger partial charge in [0.15, 0.2) is 0 Å². The van der Waals surface area contributed by atoms with E-state index in [0.717, 1.165) is 22.1 Å². The summed E-state index contributed by atoms with van der Waals surface area (Å²) in [6.45, 7) is 2.96. The van der Waals surface area contributed by atoms with Crippen molar-refractivity contribution >= 4 is 27.3 Å². The Hall–Kier alpha value is -1.46. The number of amides is 1. The van der Waals surface area contributed by atoms with Gasteiger partial charge in [-0.05, 0) is 49.0 Å². The van der Waals surface area contributed by atoms with Crippen molar-refractivity contribution in [3.63, 3.8) is 0 Å². The minimum absolute atomic E-state index is 0.109. The van der Waals surface area contributed by atoms with Gasteiger partial charge in [0.1, 0.15) is 5.82 Å². The Kier molecular flexibility index (Phi) is 3.93. The zero-order chi connectivity index (χ0) is 13.1. The third kappa shape index (κ3) is 2.52. The number of hydrogen-bond acceptors (Lipinski definition) is 3. The smallest absolute Gasteiger partial charge is 0.261 e. The number of carbonyl (C=O) groups excluding carboxylic acids is 1. The molecule has 2 aromatic rings. The molecule has 5 heteroatoms. The van der Waals surface area contributed by atoms with E-state index >= 15 is 0 Å². The van der Waals surface area contributed by atoms with E-state index in [0.29, 0.717) is 18.0 Å². The van der Waals surface area contributed by atoms with Gasteiger partial charge in [-0.3, -0.25) is 4.79 Å². The van der Waals surface area contributed by atoms with Gasteiger partial charge in [-0.1, -0.05) is 0 Å². The van der Waals surface area contributed by atoms with Gasteiger partial charge in [-0.15, -0.1) is 11.3 Å². The number of nitrogens with two attached hydrogens (primary N) is 1. The molecule has 0 spiro atoms. The van der Waals surface area contributed by atoms with Crippen LogP contribution in [0.2, 0.25) is 0 Å². The van der Waals surface area contributed by atoms with Crippen molar-refractivity contribution in [1.82, 2.24) is 5.32 Å². The lowest BCUT2D eigenvalue weighted by Gasteiger charge is -2.02. The van der Waals surface area contributed by atoms with Crippen molar-refractivity contribution in [3.8, 4) is 0 Å². The quantitative estimate of drug-likeness (QED) is 0.835. The molecule has 96 valence electrons. The molecule has 2 rings (SSSR count). The number of carbonyl (C=O) groups is 1. The Morgan fingerprint density at radius 2 is 2.28 bits per heavy atom. The van der Waals surface area contributed by atoms with Crippen molar-refractivity contribution < 1.29 is 9.18 Å². The van der Waals surface area contributed by atoms with Crippen LogP contribution in [0.15, 0.2) is 18.2 Å². The van der Waals surface area contributed by atoms with Crippen LogP contribution in [0.4, 0.5) is 4.39 Å². The van der Waals surface area contributed by atoms with Crippen LogP contribution >= 0.6 is 11.3 Å². The van der Waals surface area contributed by atoms with E-state index < -0.39 is 0 Å². The Balaban J connectivity index is 2.28. The maximum Gasteiger partial charge on any atom is 0.261 e. The Morgan fingerprint density at radius 1 is 1.50 bits per heavy atom. The predicted octanol–water partition coefficient (Wildman–Crippen LogP) is 2.43. The normalized spacial score (nSPS) is 10.8. The molecule has 1 aromatic heterocycles. The second kappa shape index (κ2) is 5.46. The van der Waals surface area contributed by atoms with Gasteiger partial charge in [0.05, 0.1) is 4.88 Å². The molecule has 0 saturated carbocycles. The largest absolute Gasteiger partial charge is 0.351 e. The van der Waals surface area contributed by atoms with Crippen LogP contribution in [0.5, 0.6) is 0 Å². The van der Waals surface area contributed by atoms with Crippen LogP contribution in [0.25, 0.3) is 10.1 Å². The molecule has 1 amide bonds. The molecular formula is C13H15FN2OS. The van der Waals surface area contributed by atoms with E-state index in [-0.39, 0.29) is 11.7 Å². The number of hydrogen-bond donors (Lipinski definition) is 2. The topological polar surface area (TPSA) is 55.1 Å². The summed E-state index contributed by atoms with van der Waals surface area (Å²) in [5, 5.41) is 3.62. The highest BCUT2D eigenvalue weighted by Gasteiger charge is 2.15. The van der Waals surface area contributed by atoms with Gasteiger partial charge in [0.25, 0.3) is 5.91 Å². The number of rotatable bonds is 4. The van der Waals surface area contributed by atoms with Crippen LogP contribution in [0.3, 0.4) is 0 Å². The summed E-state index contributed by atoms with van der Waals surface area (Å²) in [5.41, 5.74) is 6.20. The molecule has 0 atom stereocenters. The van der Waals surface area contributed by atoms with Gasteiger partial charge in [0.2, 0.25) is 0 Å². The zero-order valence-corrected chi connectivity index (χ0v) is 10.9. The zero-order valence-electron chi connectivity index (χ0n) is 10.1. The SMILES string of the molecule is Cc1c(C(=O)NCCCN)sc2ccc(F)cc12. The third-order valence-corrected chi connectivity index (χ3v) is 4.04. The Labute approximate surface area is 109 Å². The maximum atomic E-state index is 13.2. The highest BCUT2D eigenvalue weighted by Crippen LogP contribution is 2.31. The summed E-state index contributed by atoms with van der Waals surface area (Å²) in [6.07, 6.45) is 0.754. The van der Waals surface area contributed by atoms with Gasteiger partial charge >= 0.3 is 0 Å². The minimum Gasteiger partial charge on any atom is -0.351 e. The first kappa shape index (κ1) is 13.0. The molecule has 3 nitrogen and oxygen atoms in total. The fourth-order valence-electron chi connectivity index (χ4n) is 1.79. The van der Waals surface area contributed by atoms with E-state index in [2.05, 4.69) is 5.32 Å². The predicted molar refractivity (Wildman–Crippen MR) is 72.5 cm³/mol. The summed E-state index contributed by atoms with van der Waals surface area (Å²) < 4.78 is 14.1. The van der Waals surface area contributed by atoms with Gasteiger partial charge < -0.3 is 11.1 Å². The molecule has 0 saturated heterocycles. The van der Waals surface area contributed by atoms with Crippen molar-refractivity contribution in [1.29, 1.82) is 0 Å². The minimum atomic E-state index is -0.279. The second-order valence-corrected chi connectivity index (χ2v) is 5.15. The van der Waals surface area contributed by atoms with E-state index in [9.17, 15) is 9.18 Å². The molecule has 0 aliphatic carbocycles. The first-order chi connectivity index (χ1) is 8.63. The number of thiophene rings is 1. The summed E-state index contributed by atoms with van der Waals surface area (Å²) in [7, 11) is 0. The van der Waals surface area contributed by atoms with Gasteiger partial charge in [0, 0.05) is 11.2 Å². The van der Waals surface area contributed by atoms with Crippen molar-refractivity contribution in [2.75, 3.05) is 13.1 Å². The lowest BCUT2D eigenvalue weighted by atomic mass is 10.1. The second-order valence-electron chi connectivity index (χ2n) is 4.09. The first-order valence-corrected chi connectivity index (χ1v) is 6.62. The molecule has 18 heavy (non-hydrogen) atoms. The number of nitrogens with one attached hydrogen (secondary N) is 1. The average Bonchev–Trinajstić information content (AvgIpc) is 2.67. The number of halogens is 1. The average molecular weight is 266 g/mol. The lowest BCUT2D eigenvalue weighted by Crippen LogP contribution is -2.25. The standard InChI is InChI=1S/C13H15FN2OS/c1-8-10-7-9(14)3-4-11(10)18-12(8)13(17)16-6-2-5-15/h3-4,7H,2,5-6,15H2,1H3,(H,16,17). The van der Waals surface area contributed by atoms with Crippen molar-refractivity contribution in [2.45, 2.75) is 13.3 Å². The van der Waals surface area contributed by atoms with Crippen LogP contribution in [-0.2, 0) is 0 Å². The molecule has 0 unspecified atom stereocenters. The molecule has 0 radical (unpaired) electrons. The van der Waals surface area contributed by atoms with E-state index in [1.54, 1.807) is 6.07 Å². The van der Waals surface area contributed by atoms with Crippen LogP contribution in [0, 0.1) is 12.7 Å². The lowest BCUT2D eigenvalue weighted by molar-refractivity contribution is 0.0957. The van der Waals surface area contributed by atoms with Crippen LogP contribution < -0.4 is 11.1 Å². The molecule has 1 heterocycles. The molecule has 0 aliphatic rings. The molecule has 0 aliphatic heterocycles. The van der Waals surface area contributed by atoms with Crippen LogP contribution in [0.1, 0.15) is 21.7 Å². The summed E-state index contributed by atoms with van der Waals surface area (Å²) in [4.78, 5) is 12.6. The van der Waals surface area contributed by atoms with E-state index in [1.165, 1.54) is 23.5 Å². The Morgan fingerprint density at radius 3 is 3.00 bits per heavy atom. The highest BCUT2D eigenvalue weighted by molar-refractivity contribution is 7.21. The fourth-order valence-corrected chi connectivity index (χ4v) is 2.90. The van der Waals surface area contributed by atoms with Crippen molar-refractivity contribution in [3.05, 3.63) is 34.5 Å². The highest BCUT2D eigenvalue weighted by atomic mass is 32.1. The molecule has 0 bridgehead atoms. The molecule has 1 aromatic carbocycles. The van der Waals surface area contributed by atoms with Gasteiger partial charge in [-0.2, -0.15) is 0 Å². The number of benzene rings is 1. The molecular weight excluding hydrogens is 251 g/mol. The molecule has 3 N–H and O–H groups in total. The monoisotopic (exact) mass is 266 g/mol. The Bertz CT molecular complexity index is 580. The first-order valence-electron chi connectivity index (χ1n) is 5.80. The van der Waals surface area contributed by atoms with Gasteiger partial charge in [-0.25, -0.2) is 4.39 Å². The van der Waals surface area contributed by atoms with E-state index in [1.807, 2.05) is 6.92 Å². The van der Waals surface area contributed by atoms with Crippen molar-refractivity contribution in [2.24, 2.45) is 5.73 Å². The number of aryl methyl sites for hydroxylation is 1.